The molecule has 1 aliphatic rings. The van der Waals surface area contributed by atoms with Crippen LogP contribution in [0.4, 0.5) is 0 Å². The molecule has 12 heteroatoms. The van der Waals surface area contributed by atoms with E-state index in [0.29, 0.717) is 0 Å². The molecule has 0 spiro atoms. The van der Waals surface area contributed by atoms with Crippen LogP contribution in [0.1, 0.15) is 0 Å². The van der Waals surface area contributed by atoms with Gasteiger partial charge in [-0.25, -0.2) is 4.57 Å². The van der Waals surface area contributed by atoms with Crippen LogP contribution < -0.4 is 0 Å². The van der Waals surface area contributed by atoms with Gasteiger partial charge in [0.2, 0.25) is 0 Å². The summed E-state index contributed by atoms with van der Waals surface area (Å²) in [4.78, 5) is 8.26. The van der Waals surface area contributed by atoms with Crippen LogP contribution >= 0.6 is 7.82 Å². The van der Waals surface area contributed by atoms with Crippen LogP contribution in [-0.2, 0) is 34.1 Å². The fraction of sp³-hybridized carbons (Fsp3) is 0. The van der Waals surface area contributed by atoms with Crippen LogP contribution in [0.15, 0.2) is 0 Å². The zero-order valence-electron chi connectivity index (χ0n) is 3.75. The molecule has 0 aromatic heterocycles. The Kier molecular flexibility index (Phi) is 17.8. The van der Waals surface area contributed by atoms with Crippen molar-refractivity contribution < 1.29 is 39.0 Å². The summed E-state index contributed by atoms with van der Waals surface area (Å²) in [6.07, 6.45) is 0. The molecule has 0 bridgehead atoms. The van der Waals surface area contributed by atoms with E-state index in [0.717, 1.165) is 0 Å². The summed E-state index contributed by atoms with van der Waals surface area (Å²) in [5.74, 6) is 0. The summed E-state index contributed by atoms with van der Waals surface area (Å²) < 4.78 is 17.2. The molecule has 12 heavy (non-hydrogen) atoms. The average Bonchev–Trinajstić information content (AvgIpc) is 1.92. The predicted molar refractivity (Wildman–Crippen MR) is 37.8 cm³/mol. The first-order valence-electron chi connectivity index (χ1n) is 1.58. The Morgan fingerprint density at radius 2 is 1.17 bits per heavy atom. The Labute approximate surface area is 133 Å². The van der Waals surface area contributed by atoms with E-state index in [4.69, 9.17) is 4.89 Å². The van der Waals surface area contributed by atoms with Crippen molar-refractivity contribution in [2.24, 2.45) is 0 Å². The summed E-state index contributed by atoms with van der Waals surface area (Å²) in [5, 5.41) is 13.7. The van der Waals surface area contributed by atoms with Crippen molar-refractivity contribution in [3.8, 4) is 0 Å². The SMILES string of the molecule is O=P1(O)OOOOOO1.[NaH].[NaH].[NaH]. The van der Waals surface area contributed by atoms with Crippen LogP contribution in [0.5, 0.6) is 0 Å². The fourth-order valence-electron chi connectivity index (χ4n) is 0.137. The standard InChI is InChI=1S/3Na.HO8P.3H/c;;;1-9(2)7-5-3-4-6-8-9;;;/h;;;(H,1,2);;;. The van der Waals surface area contributed by atoms with Gasteiger partial charge < -0.3 is 0 Å². The zero-order valence-corrected chi connectivity index (χ0v) is 4.65. The predicted octanol–water partition coefficient (Wildman–Crippen LogP) is -2.17. The molecule has 0 unspecified atom stereocenters. The number of phosphoric acid groups is 1. The second-order valence-corrected chi connectivity index (χ2v) is 2.13. The van der Waals surface area contributed by atoms with E-state index in [1.165, 1.54) is 0 Å². The molecule has 1 N–H and O–H groups in total. The van der Waals surface area contributed by atoms with Gasteiger partial charge in [0.1, 0.15) is 0 Å². The van der Waals surface area contributed by atoms with E-state index in [2.05, 4.69) is 29.5 Å². The van der Waals surface area contributed by atoms with Gasteiger partial charge in [-0.1, -0.05) is 9.35 Å². The number of hydrogen-bond acceptors (Lipinski definition) is 7. The Bertz CT molecular complexity index is 124. The number of rotatable bonds is 0. The second-order valence-electron chi connectivity index (χ2n) is 0.890. The summed E-state index contributed by atoms with van der Waals surface area (Å²) in [6, 6.07) is 0. The van der Waals surface area contributed by atoms with Crippen molar-refractivity contribution in [3.05, 3.63) is 0 Å². The molecule has 1 aliphatic heterocycles. The molecular weight excluding hydrogens is 228 g/mol. The normalized spacial score (nSPS) is 20.4. The van der Waals surface area contributed by atoms with Crippen LogP contribution in [0.2, 0.25) is 0 Å². The quantitative estimate of drug-likeness (QED) is 0.286. The first-order chi connectivity index (χ1) is 4.21. The zero-order chi connectivity index (χ0) is 6.74. The molecule has 8 nitrogen and oxygen atoms in total. The van der Waals surface area contributed by atoms with Gasteiger partial charge in [-0.15, -0.1) is 0 Å². The number of hydrogen-bond donors (Lipinski definition) is 1. The molecule has 0 saturated carbocycles. The van der Waals surface area contributed by atoms with Crippen molar-refractivity contribution in [2.75, 3.05) is 0 Å². The third kappa shape index (κ3) is 9.50. The van der Waals surface area contributed by atoms with E-state index in [1.807, 2.05) is 0 Å². The van der Waals surface area contributed by atoms with Crippen molar-refractivity contribution in [2.45, 2.75) is 0 Å². The van der Waals surface area contributed by atoms with Gasteiger partial charge in [-0.3, -0.25) is 4.89 Å². The van der Waals surface area contributed by atoms with Gasteiger partial charge in [-0.05, 0) is 20.2 Å². The maximum absolute atomic E-state index is 10.2. The van der Waals surface area contributed by atoms with Gasteiger partial charge in [-0.2, -0.15) is 0 Å². The van der Waals surface area contributed by atoms with Crippen LogP contribution in [0.3, 0.4) is 0 Å². The van der Waals surface area contributed by atoms with Gasteiger partial charge in [0, 0.05) is 0 Å². The molecule has 0 aromatic rings. The molecule has 0 aromatic carbocycles. The summed E-state index contributed by atoms with van der Waals surface area (Å²) in [5.41, 5.74) is 0. The molecule has 0 atom stereocenters. The van der Waals surface area contributed by atoms with E-state index < -0.39 is 7.82 Å². The van der Waals surface area contributed by atoms with Crippen molar-refractivity contribution in [1.82, 2.24) is 0 Å². The minimum atomic E-state index is -4.32. The molecule has 0 radical (unpaired) electrons. The molecule has 1 heterocycles. The Morgan fingerprint density at radius 3 is 1.50 bits per heavy atom. The van der Waals surface area contributed by atoms with E-state index in [-0.39, 0.29) is 88.7 Å². The Hall–Kier alpha value is 2.95. The van der Waals surface area contributed by atoms with Gasteiger partial charge in [0.05, 0.1) is 0 Å². The maximum atomic E-state index is 10.2. The van der Waals surface area contributed by atoms with Crippen LogP contribution in [-0.4, -0.2) is 93.6 Å². The summed E-state index contributed by atoms with van der Waals surface area (Å²) >= 11 is 0. The van der Waals surface area contributed by atoms with Crippen molar-refractivity contribution in [3.63, 3.8) is 0 Å². The molecular formula is H4Na3O8P. The topological polar surface area (TPSA) is 92.7 Å². The molecule has 1 rings (SSSR count). The van der Waals surface area contributed by atoms with Gasteiger partial charge >= 0.3 is 96.5 Å². The average molecular weight is 232 g/mol. The van der Waals surface area contributed by atoms with E-state index in [1.54, 1.807) is 0 Å². The monoisotopic (exact) mass is 232 g/mol. The molecule has 0 aliphatic carbocycles. The first kappa shape index (κ1) is 20.4. The van der Waals surface area contributed by atoms with Crippen molar-refractivity contribution >= 4 is 96.5 Å². The third-order valence-corrected chi connectivity index (χ3v) is 0.831. The third-order valence-electron chi connectivity index (χ3n) is 0.333. The molecule has 0 amide bonds. The molecule has 60 valence electrons. The Morgan fingerprint density at radius 1 is 0.833 bits per heavy atom. The molecule has 1 saturated heterocycles. The van der Waals surface area contributed by atoms with E-state index in [9.17, 15) is 4.57 Å². The fourth-order valence-corrected chi connectivity index (χ4v) is 0.365. The second kappa shape index (κ2) is 10.5. The summed E-state index contributed by atoms with van der Waals surface area (Å²) in [7, 11) is -4.32. The van der Waals surface area contributed by atoms with E-state index >= 15 is 0 Å². The van der Waals surface area contributed by atoms with Crippen molar-refractivity contribution in [1.29, 1.82) is 0 Å². The van der Waals surface area contributed by atoms with Gasteiger partial charge in [0.25, 0.3) is 0 Å². The van der Waals surface area contributed by atoms with Crippen LogP contribution in [0, 0.1) is 0 Å². The van der Waals surface area contributed by atoms with Crippen LogP contribution in [0.25, 0.3) is 0 Å². The Balaban J connectivity index is -0.000000270. The summed E-state index contributed by atoms with van der Waals surface area (Å²) in [6.45, 7) is 0. The first-order valence-corrected chi connectivity index (χ1v) is 3.08. The van der Waals surface area contributed by atoms with Gasteiger partial charge in [0.15, 0.2) is 0 Å². The molecule has 1 fully saturated rings. The minimum absolute atomic E-state index is 0.